The number of fused-ring (bicyclic) bond motifs is 1. The second-order valence-electron chi connectivity index (χ2n) is 3.75. The number of hydrogen-bond donors (Lipinski definition) is 1. The molecule has 2 aliphatic rings. The molecule has 0 spiro atoms. The molecular formula is C11H11NO5. The lowest BCUT2D eigenvalue weighted by Gasteiger charge is -2.11. The van der Waals surface area contributed by atoms with Gasteiger partial charge in [-0.2, -0.15) is 0 Å². The van der Waals surface area contributed by atoms with E-state index in [1.54, 1.807) is 7.11 Å². The largest absolute Gasteiger partial charge is 0.493 e. The summed E-state index contributed by atoms with van der Waals surface area (Å²) in [5.74, 6) is 1.82. The average molecular weight is 237 g/mol. The fourth-order valence-electron chi connectivity index (χ4n) is 1.92. The third-order valence-electron chi connectivity index (χ3n) is 2.76. The Bertz CT molecular complexity index is 473. The predicted molar refractivity (Wildman–Crippen MR) is 56.3 cm³/mol. The fraction of sp³-hybridized carbons (Fsp3) is 0.364. The molecule has 2 heterocycles. The lowest BCUT2D eigenvalue weighted by molar-refractivity contribution is 0.171. The first-order valence-electron chi connectivity index (χ1n) is 5.19. The van der Waals surface area contributed by atoms with Gasteiger partial charge in [0.05, 0.1) is 13.2 Å². The van der Waals surface area contributed by atoms with E-state index < -0.39 is 6.09 Å². The summed E-state index contributed by atoms with van der Waals surface area (Å²) in [6, 6.07) is 3.46. The molecule has 6 heteroatoms. The minimum atomic E-state index is -0.411. The zero-order chi connectivity index (χ0) is 11.8. The highest BCUT2D eigenvalue weighted by atomic mass is 16.7. The van der Waals surface area contributed by atoms with Gasteiger partial charge in [-0.15, -0.1) is 0 Å². The van der Waals surface area contributed by atoms with Crippen LogP contribution in [0.5, 0.6) is 17.2 Å². The van der Waals surface area contributed by atoms with E-state index in [1.165, 1.54) is 0 Å². The van der Waals surface area contributed by atoms with Crippen LogP contribution in [-0.2, 0) is 4.74 Å². The Morgan fingerprint density at radius 1 is 1.35 bits per heavy atom. The van der Waals surface area contributed by atoms with Gasteiger partial charge in [0.2, 0.25) is 12.5 Å². The lowest BCUT2D eigenvalue weighted by Crippen LogP contribution is -2.18. The van der Waals surface area contributed by atoms with Crippen LogP contribution in [0.4, 0.5) is 4.79 Å². The van der Waals surface area contributed by atoms with Gasteiger partial charge in [0.15, 0.2) is 11.5 Å². The Balaban J connectivity index is 1.98. The molecule has 1 saturated heterocycles. The van der Waals surface area contributed by atoms with Crippen LogP contribution in [0, 0.1) is 0 Å². The number of rotatable bonds is 2. The second-order valence-corrected chi connectivity index (χ2v) is 3.75. The number of cyclic esters (lactones) is 1. The SMILES string of the molecule is COc1cc([C@@H]2COC(=O)N2)cc2c1OCO2. The highest BCUT2D eigenvalue weighted by Crippen LogP contribution is 2.43. The number of carbonyl (C=O) groups excluding carboxylic acids is 1. The van der Waals surface area contributed by atoms with E-state index in [0.29, 0.717) is 23.9 Å². The Hall–Kier alpha value is -2.11. The van der Waals surface area contributed by atoms with Crippen LogP contribution in [0.2, 0.25) is 0 Å². The van der Waals surface area contributed by atoms with Crippen molar-refractivity contribution >= 4 is 6.09 Å². The normalized spacial score (nSPS) is 21.0. The third-order valence-corrected chi connectivity index (χ3v) is 2.76. The third kappa shape index (κ3) is 1.61. The van der Waals surface area contributed by atoms with Gasteiger partial charge in [0.1, 0.15) is 6.61 Å². The van der Waals surface area contributed by atoms with Gasteiger partial charge in [0, 0.05) is 0 Å². The van der Waals surface area contributed by atoms with Gasteiger partial charge >= 0.3 is 6.09 Å². The van der Waals surface area contributed by atoms with Gasteiger partial charge in [-0.25, -0.2) is 4.79 Å². The molecule has 1 atom stereocenters. The van der Waals surface area contributed by atoms with Gasteiger partial charge in [-0.1, -0.05) is 0 Å². The monoisotopic (exact) mass is 237 g/mol. The summed E-state index contributed by atoms with van der Waals surface area (Å²) in [5.41, 5.74) is 0.872. The average Bonchev–Trinajstić information content (AvgIpc) is 2.95. The molecule has 0 bridgehead atoms. The van der Waals surface area contributed by atoms with Crippen molar-refractivity contribution in [2.45, 2.75) is 6.04 Å². The molecule has 0 radical (unpaired) electrons. The van der Waals surface area contributed by atoms with Crippen molar-refractivity contribution in [1.82, 2.24) is 5.32 Å². The van der Waals surface area contributed by atoms with Crippen LogP contribution in [-0.4, -0.2) is 26.6 Å². The van der Waals surface area contributed by atoms with E-state index in [9.17, 15) is 4.79 Å². The van der Waals surface area contributed by atoms with Crippen LogP contribution in [0.3, 0.4) is 0 Å². The number of nitrogens with one attached hydrogen (secondary N) is 1. The van der Waals surface area contributed by atoms with Crippen molar-refractivity contribution in [2.75, 3.05) is 20.5 Å². The van der Waals surface area contributed by atoms with Gasteiger partial charge in [-0.05, 0) is 17.7 Å². The Labute approximate surface area is 97.4 Å². The number of carbonyl (C=O) groups is 1. The second kappa shape index (κ2) is 3.73. The van der Waals surface area contributed by atoms with Crippen LogP contribution in [0.25, 0.3) is 0 Å². The summed E-state index contributed by atoms with van der Waals surface area (Å²) in [6.45, 7) is 0.490. The Morgan fingerprint density at radius 2 is 2.24 bits per heavy atom. The van der Waals surface area contributed by atoms with Crippen LogP contribution < -0.4 is 19.5 Å². The molecule has 1 aromatic carbocycles. The topological polar surface area (TPSA) is 66.0 Å². The van der Waals surface area contributed by atoms with Crippen molar-refractivity contribution in [1.29, 1.82) is 0 Å². The molecule has 0 unspecified atom stereocenters. The zero-order valence-electron chi connectivity index (χ0n) is 9.19. The van der Waals surface area contributed by atoms with Crippen molar-refractivity contribution in [3.05, 3.63) is 17.7 Å². The first kappa shape index (κ1) is 10.1. The maximum absolute atomic E-state index is 11.0. The van der Waals surface area contributed by atoms with E-state index in [1.807, 2.05) is 12.1 Å². The van der Waals surface area contributed by atoms with Crippen molar-refractivity contribution in [3.8, 4) is 17.2 Å². The van der Waals surface area contributed by atoms with E-state index >= 15 is 0 Å². The summed E-state index contributed by atoms with van der Waals surface area (Å²) >= 11 is 0. The first-order valence-corrected chi connectivity index (χ1v) is 5.19. The molecule has 1 amide bonds. The molecule has 1 aromatic rings. The maximum Gasteiger partial charge on any atom is 0.407 e. The summed E-state index contributed by atoms with van der Waals surface area (Å²) < 4.78 is 20.7. The van der Waals surface area contributed by atoms with Crippen molar-refractivity contribution in [2.24, 2.45) is 0 Å². The summed E-state index contributed by atoms with van der Waals surface area (Å²) in [7, 11) is 1.56. The Kier molecular flexibility index (Phi) is 2.21. The molecular weight excluding hydrogens is 226 g/mol. The van der Waals surface area contributed by atoms with Crippen molar-refractivity contribution in [3.63, 3.8) is 0 Å². The van der Waals surface area contributed by atoms with Gasteiger partial charge in [-0.3, -0.25) is 0 Å². The van der Waals surface area contributed by atoms with Crippen LogP contribution in [0.1, 0.15) is 11.6 Å². The molecule has 0 aromatic heterocycles. The minimum Gasteiger partial charge on any atom is -0.493 e. The fourth-order valence-corrected chi connectivity index (χ4v) is 1.92. The van der Waals surface area contributed by atoms with Crippen LogP contribution in [0.15, 0.2) is 12.1 Å². The number of alkyl carbamates (subject to hydrolysis) is 1. The minimum absolute atomic E-state index is 0.175. The highest BCUT2D eigenvalue weighted by molar-refractivity contribution is 5.70. The number of methoxy groups -OCH3 is 1. The lowest BCUT2D eigenvalue weighted by atomic mass is 10.1. The summed E-state index contributed by atoms with van der Waals surface area (Å²) in [6.07, 6.45) is -0.411. The van der Waals surface area contributed by atoms with Gasteiger partial charge < -0.3 is 24.3 Å². The van der Waals surface area contributed by atoms with E-state index in [0.717, 1.165) is 5.56 Å². The molecule has 90 valence electrons. The van der Waals surface area contributed by atoms with E-state index in [4.69, 9.17) is 18.9 Å². The highest BCUT2D eigenvalue weighted by Gasteiger charge is 2.28. The van der Waals surface area contributed by atoms with Gasteiger partial charge in [0.25, 0.3) is 0 Å². The molecule has 0 aliphatic carbocycles. The summed E-state index contributed by atoms with van der Waals surface area (Å²) in [5, 5.41) is 2.70. The molecule has 17 heavy (non-hydrogen) atoms. The van der Waals surface area contributed by atoms with E-state index in [-0.39, 0.29) is 12.8 Å². The molecule has 1 fully saturated rings. The van der Waals surface area contributed by atoms with Crippen LogP contribution >= 0.6 is 0 Å². The number of amides is 1. The predicted octanol–water partition coefficient (Wildman–Crippen LogP) is 1.20. The molecule has 0 saturated carbocycles. The molecule has 1 N–H and O–H groups in total. The number of ether oxygens (including phenoxy) is 4. The number of benzene rings is 1. The smallest absolute Gasteiger partial charge is 0.407 e. The zero-order valence-corrected chi connectivity index (χ0v) is 9.19. The number of hydrogen-bond acceptors (Lipinski definition) is 5. The standard InChI is InChI=1S/C11H11NO5/c1-14-8-2-6(7-4-15-11(13)12-7)3-9-10(8)17-5-16-9/h2-3,7H,4-5H2,1H3,(H,12,13)/t7-/m0/s1. The summed E-state index contributed by atoms with van der Waals surface area (Å²) in [4.78, 5) is 11.0. The first-order chi connectivity index (χ1) is 8.28. The van der Waals surface area contributed by atoms with E-state index in [2.05, 4.69) is 5.32 Å². The molecule has 2 aliphatic heterocycles. The van der Waals surface area contributed by atoms with Crippen molar-refractivity contribution < 1.29 is 23.7 Å². The quantitative estimate of drug-likeness (QED) is 0.837. The Morgan fingerprint density at radius 3 is 2.94 bits per heavy atom. The molecule has 3 rings (SSSR count). The maximum atomic E-state index is 11.0. The molecule has 6 nitrogen and oxygen atoms in total.